The normalized spacial score (nSPS) is 20.2. The van der Waals surface area contributed by atoms with Gasteiger partial charge in [-0.3, -0.25) is 14.5 Å². The van der Waals surface area contributed by atoms with E-state index in [1.165, 1.54) is 7.11 Å². The molecule has 0 aliphatic carbocycles. The second kappa shape index (κ2) is 7.04. The molecule has 1 aromatic heterocycles. The maximum absolute atomic E-state index is 12.4. The summed E-state index contributed by atoms with van der Waals surface area (Å²) in [4.78, 5) is 29.0. The van der Waals surface area contributed by atoms with Gasteiger partial charge in [-0.15, -0.1) is 11.3 Å². The highest BCUT2D eigenvalue weighted by Gasteiger charge is 2.33. The van der Waals surface area contributed by atoms with Gasteiger partial charge in [0.15, 0.2) is 0 Å². The fourth-order valence-electron chi connectivity index (χ4n) is 2.64. The summed E-state index contributed by atoms with van der Waals surface area (Å²) in [6.45, 7) is 3.06. The standard InChI is InChI=1S/C15H22N2O3S/c1-11(13-7-5-9-21-13)16(2)14(18)10-17-8-4-6-12(17)15(19)20-3/h5,7,9,11-12H,4,6,8,10H2,1-3H3/t11-,12-/m1/s1. The number of likely N-dealkylation sites (tertiary alicyclic amines) is 1. The van der Waals surface area contributed by atoms with Crippen LogP contribution < -0.4 is 0 Å². The lowest BCUT2D eigenvalue weighted by atomic mass is 10.2. The van der Waals surface area contributed by atoms with E-state index in [1.807, 2.05) is 36.4 Å². The zero-order chi connectivity index (χ0) is 15.4. The Morgan fingerprint density at radius 1 is 1.57 bits per heavy atom. The Balaban J connectivity index is 1.95. The molecule has 0 unspecified atom stereocenters. The number of esters is 1. The number of nitrogens with zero attached hydrogens (tertiary/aromatic N) is 2. The second-order valence-electron chi connectivity index (χ2n) is 5.35. The first-order valence-corrected chi connectivity index (χ1v) is 8.03. The van der Waals surface area contributed by atoms with Crippen molar-refractivity contribution in [2.45, 2.75) is 31.8 Å². The monoisotopic (exact) mass is 310 g/mol. The van der Waals surface area contributed by atoms with Gasteiger partial charge in [-0.05, 0) is 37.8 Å². The van der Waals surface area contributed by atoms with E-state index in [4.69, 9.17) is 4.74 Å². The highest BCUT2D eigenvalue weighted by atomic mass is 32.1. The van der Waals surface area contributed by atoms with Crippen molar-refractivity contribution in [2.75, 3.05) is 27.2 Å². The Kier molecular flexibility index (Phi) is 5.36. The van der Waals surface area contributed by atoms with Gasteiger partial charge >= 0.3 is 5.97 Å². The average molecular weight is 310 g/mol. The van der Waals surface area contributed by atoms with E-state index in [9.17, 15) is 9.59 Å². The van der Waals surface area contributed by atoms with E-state index in [2.05, 4.69) is 0 Å². The van der Waals surface area contributed by atoms with Crippen molar-refractivity contribution >= 4 is 23.2 Å². The van der Waals surface area contributed by atoms with Gasteiger partial charge in [-0.2, -0.15) is 0 Å². The van der Waals surface area contributed by atoms with E-state index < -0.39 is 0 Å². The Labute approximate surface area is 129 Å². The van der Waals surface area contributed by atoms with Gasteiger partial charge < -0.3 is 9.64 Å². The fourth-order valence-corrected chi connectivity index (χ4v) is 3.47. The van der Waals surface area contributed by atoms with Crippen molar-refractivity contribution in [3.63, 3.8) is 0 Å². The molecule has 0 radical (unpaired) electrons. The van der Waals surface area contributed by atoms with Crippen molar-refractivity contribution in [1.29, 1.82) is 0 Å². The molecule has 1 aliphatic rings. The number of likely N-dealkylation sites (N-methyl/N-ethyl adjacent to an activating group) is 1. The van der Waals surface area contributed by atoms with E-state index >= 15 is 0 Å². The van der Waals surface area contributed by atoms with Crippen LogP contribution in [0.25, 0.3) is 0 Å². The third kappa shape index (κ3) is 3.63. The predicted molar refractivity (Wildman–Crippen MR) is 82.1 cm³/mol. The highest BCUT2D eigenvalue weighted by molar-refractivity contribution is 7.10. The molecule has 6 heteroatoms. The lowest BCUT2D eigenvalue weighted by molar-refractivity contribution is -0.146. The SMILES string of the molecule is COC(=O)[C@H]1CCCN1CC(=O)N(C)[C@H](C)c1cccs1. The van der Waals surface area contributed by atoms with Gasteiger partial charge in [0.1, 0.15) is 6.04 Å². The van der Waals surface area contributed by atoms with E-state index in [0.717, 1.165) is 24.3 Å². The van der Waals surface area contributed by atoms with Crippen molar-refractivity contribution in [3.8, 4) is 0 Å². The quantitative estimate of drug-likeness (QED) is 0.780. The minimum Gasteiger partial charge on any atom is -0.468 e. The van der Waals surface area contributed by atoms with E-state index in [0.29, 0.717) is 0 Å². The molecular weight excluding hydrogens is 288 g/mol. The lowest BCUT2D eigenvalue weighted by Crippen LogP contribution is -2.44. The third-order valence-electron chi connectivity index (χ3n) is 4.10. The Bertz CT molecular complexity index is 489. The minimum atomic E-state index is -0.274. The topological polar surface area (TPSA) is 49.9 Å². The van der Waals surface area contributed by atoms with Gasteiger partial charge in [0.05, 0.1) is 19.7 Å². The van der Waals surface area contributed by atoms with Crippen LogP contribution in [-0.2, 0) is 14.3 Å². The molecule has 0 aromatic carbocycles. The molecule has 0 spiro atoms. The summed E-state index contributed by atoms with van der Waals surface area (Å²) in [5.41, 5.74) is 0. The number of methoxy groups -OCH3 is 1. The molecule has 2 atom stereocenters. The molecule has 1 amide bonds. The van der Waals surface area contributed by atoms with Crippen LogP contribution in [0.1, 0.15) is 30.7 Å². The molecule has 2 heterocycles. The molecule has 1 aliphatic heterocycles. The highest BCUT2D eigenvalue weighted by Crippen LogP contribution is 2.24. The fraction of sp³-hybridized carbons (Fsp3) is 0.600. The zero-order valence-corrected chi connectivity index (χ0v) is 13.6. The van der Waals surface area contributed by atoms with Crippen LogP contribution in [0.2, 0.25) is 0 Å². The smallest absolute Gasteiger partial charge is 0.323 e. The number of amides is 1. The molecule has 0 saturated carbocycles. The molecule has 0 N–H and O–H groups in total. The van der Waals surface area contributed by atoms with Crippen LogP contribution >= 0.6 is 11.3 Å². The number of hydrogen-bond donors (Lipinski definition) is 0. The zero-order valence-electron chi connectivity index (χ0n) is 12.7. The van der Waals surface area contributed by atoms with Crippen molar-refractivity contribution < 1.29 is 14.3 Å². The first-order valence-electron chi connectivity index (χ1n) is 7.15. The van der Waals surface area contributed by atoms with Crippen LogP contribution in [0, 0.1) is 0 Å². The van der Waals surface area contributed by atoms with Crippen LogP contribution in [0.5, 0.6) is 0 Å². The Morgan fingerprint density at radius 3 is 2.95 bits per heavy atom. The minimum absolute atomic E-state index is 0.0340. The van der Waals surface area contributed by atoms with Crippen LogP contribution in [-0.4, -0.2) is 55.0 Å². The molecule has 1 fully saturated rings. The summed E-state index contributed by atoms with van der Waals surface area (Å²) < 4.78 is 4.81. The summed E-state index contributed by atoms with van der Waals surface area (Å²) in [6.07, 6.45) is 1.70. The number of ether oxygens (including phenoxy) is 1. The molecule has 5 nitrogen and oxygen atoms in total. The summed E-state index contributed by atoms with van der Waals surface area (Å²) in [7, 11) is 3.21. The first-order chi connectivity index (χ1) is 10.0. The van der Waals surface area contributed by atoms with Crippen LogP contribution in [0.4, 0.5) is 0 Å². The van der Waals surface area contributed by atoms with E-state index in [1.54, 1.807) is 16.2 Å². The molecule has 2 rings (SSSR count). The number of hydrogen-bond acceptors (Lipinski definition) is 5. The van der Waals surface area contributed by atoms with Crippen molar-refractivity contribution in [2.24, 2.45) is 0 Å². The molecule has 1 saturated heterocycles. The summed E-state index contributed by atoms with van der Waals surface area (Å²) in [6, 6.07) is 3.80. The third-order valence-corrected chi connectivity index (χ3v) is 5.15. The van der Waals surface area contributed by atoms with Gasteiger partial charge in [-0.1, -0.05) is 6.07 Å². The maximum atomic E-state index is 12.4. The van der Waals surface area contributed by atoms with Gasteiger partial charge in [-0.25, -0.2) is 0 Å². The summed E-state index contributed by atoms with van der Waals surface area (Å²) in [5, 5.41) is 2.01. The largest absolute Gasteiger partial charge is 0.468 e. The molecule has 0 bridgehead atoms. The maximum Gasteiger partial charge on any atom is 0.323 e. The van der Waals surface area contributed by atoms with Crippen LogP contribution in [0.15, 0.2) is 17.5 Å². The van der Waals surface area contributed by atoms with Crippen molar-refractivity contribution in [3.05, 3.63) is 22.4 Å². The number of carbonyl (C=O) groups excluding carboxylic acids is 2. The Hall–Kier alpha value is -1.40. The Morgan fingerprint density at radius 2 is 2.33 bits per heavy atom. The van der Waals surface area contributed by atoms with Gasteiger partial charge in [0, 0.05) is 11.9 Å². The average Bonchev–Trinajstić information content (AvgIpc) is 3.16. The molecule has 116 valence electrons. The van der Waals surface area contributed by atoms with Gasteiger partial charge in [0.25, 0.3) is 0 Å². The van der Waals surface area contributed by atoms with E-state index in [-0.39, 0.29) is 30.5 Å². The number of carbonyl (C=O) groups is 2. The summed E-state index contributed by atoms with van der Waals surface area (Å²) in [5.74, 6) is -0.207. The molecule has 1 aromatic rings. The van der Waals surface area contributed by atoms with Gasteiger partial charge in [0.2, 0.25) is 5.91 Å². The second-order valence-corrected chi connectivity index (χ2v) is 6.33. The predicted octanol–water partition coefficient (Wildman–Crippen LogP) is 1.90. The number of thiophene rings is 1. The van der Waals surface area contributed by atoms with Crippen molar-refractivity contribution in [1.82, 2.24) is 9.80 Å². The molecular formula is C15H22N2O3S. The molecule has 21 heavy (non-hydrogen) atoms. The van der Waals surface area contributed by atoms with Crippen LogP contribution in [0.3, 0.4) is 0 Å². The number of rotatable bonds is 5. The lowest BCUT2D eigenvalue weighted by Gasteiger charge is -2.28. The first kappa shape index (κ1) is 16.0. The summed E-state index contributed by atoms with van der Waals surface area (Å²) >= 11 is 1.65.